The van der Waals surface area contributed by atoms with E-state index in [1.807, 2.05) is 39.0 Å². The number of aromatic hydroxyl groups is 2. The number of phenolic OH excluding ortho intramolecular Hbond substituents is 2. The van der Waals surface area contributed by atoms with Crippen LogP contribution in [0.2, 0.25) is 0 Å². The Morgan fingerprint density at radius 1 is 0.765 bits per heavy atom. The molecule has 0 atom stereocenters. The predicted molar refractivity (Wildman–Crippen MR) is 69.4 cm³/mol. The van der Waals surface area contributed by atoms with Crippen molar-refractivity contribution in [2.45, 2.75) is 20.8 Å². The van der Waals surface area contributed by atoms with Crippen LogP contribution >= 0.6 is 0 Å². The van der Waals surface area contributed by atoms with Gasteiger partial charge in [0.2, 0.25) is 0 Å². The van der Waals surface area contributed by atoms with Gasteiger partial charge in [0.15, 0.2) is 0 Å². The van der Waals surface area contributed by atoms with E-state index >= 15 is 0 Å². The molecule has 2 aromatic carbocycles. The molecule has 2 heteroatoms. The summed E-state index contributed by atoms with van der Waals surface area (Å²) >= 11 is 0. The minimum Gasteiger partial charge on any atom is -0.508 e. The fourth-order valence-corrected chi connectivity index (χ4v) is 1.92. The number of hydrogen-bond acceptors (Lipinski definition) is 2. The van der Waals surface area contributed by atoms with Crippen LogP contribution in [0.4, 0.5) is 0 Å². The van der Waals surface area contributed by atoms with E-state index in [0.29, 0.717) is 5.75 Å². The summed E-state index contributed by atoms with van der Waals surface area (Å²) in [6.45, 7) is 5.82. The van der Waals surface area contributed by atoms with Crippen molar-refractivity contribution in [1.29, 1.82) is 0 Å². The lowest BCUT2D eigenvalue weighted by Crippen LogP contribution is -1.88. The summed E-state index contributed by atoms with van der Waals surface area (Å²) in [5, 5.41) is 19.7. The highest BCUT2D eigenvalue weighted by Gasteiger charge is 2.11. The zero-order valence-corrected chi connectivity index (χ0v) is 10.3. The third kappa shape index (κ3) is 1.98. The normalized spacial score (nSPS) is 10.5. The second-order valence-electron chi connectivity index (χ2n) is 4.40. The summed E-state index contributed by atoms with van der Waals surface area (Å²) < 4.78 is 0. The van der Waals surface area contributed by atoms with E-state index in [1.54, 1.807) is 12.1 Å². The van der Waals surface area contributed by atoms with Crippen LogP contribution in [0.15, 0.2) is 30.3 Å². The van der Waals surface area contributed by atoms with Crippen LogP contribution in [0.25, 0.3) is 11.1 Å². The van der Waals surface area contributed by atoms with Crippen LogP contribution in [0.1, 0.15) is 16.7 Å². The molecule has 0 unspecified atom stereocenters. The quantitative estimate of drug-likeness (QED) is 0.781. The predicted octanol–water partition coefficient (Wildman–Crippen LogP) is 3.69. The van der Waals surface area contributed by atoms with Crippen LogP contribution in [0.5, 0.6) is 11.5 Å². The summed E-state index contributed by atoms with van der Waals surface area (Å²) in [6.07, 6.45) is 0. The van der Waals surface area contributed by atoms with Crippen LogP contribution < -0.4 is 0 Å². The molecule has 2 aromatic rings. The van der Waals surface area contributed by atoms with Crippen molar-refractivity contribution >= 4 is 0 Å². The van der Waals surface area contributed by atoms with Crippen molar-refractivity contribution < 1.29 is 10.2 Å². The second-order valence-corrected chi connectivity index (χ2v) is 4.40. The fraction of sp³-hybridized carbons (Fsp3) is 0.200. The van der Waals surface area contributed by atoms with Gasteiger partial charge in [-0.15, -0.1) is 0 Å². The first-order valence-corrected chi connectivity index (χ1v) is 5.60. The van der Waals surface area contributed by atoms with Gasteiger partial charge in [-0.25, -0.2) is 0 Å². The Balaban J connectivity index is 2.69. The number of hydrogen-bond donors (Lipinski definition) is 2. The summed E-state index contributed by atoms with van der Waals surface area (Å²) in [5.74, 6) is 0.502. The molecule has 0 heterocycles. The molecular weight excluding hydrogens is 212 g/mol. The molecule has 2 rings (SSSR count). The van der Waals surface area contributed by atoms with Gasteiger partial charge in [-0.2, -0.15) is 0 Å². The third-order valence-corrected chi connectivity index (χ3v) is 3.21. The van der Waals surface area contributed by atoms with Crippen molar-refractivity contribution in [2.24, 2.45) is 0 Å². The fourth-order valence-electron chi connectivity index (χ4n) is 1.92. The maximum Gasteiger partial charge on any atom is 0.126 e. The van der Waals surface area contributed by atoms with Crippen LogP contribution in [-0.2, 0) is 0 Å². The van der Waals surface area contributed by atoms with Crippen LogP contribution in [0, 0.1) is 20.8 Å². The molecule has 0 fully saturated rings. The Kier molecular flexibility index (Phi) is 2.80. The molecule has 0 aliphatic carbocycles. The Morgan fingerprint density at radius 3 is 2.12 bits per heavy atom. The summed E-state index contributed by atoms with van der Waals surface area (Å²) in [4.78, 5) is 0. The Bertz CT molecular complexity index is 571. The van der Waals surface area contributed by atoms with Crippen LogP contribution in [-0.4, -0.2) is 10.2 Å². The zero-order chi connectivity index (χ0) is 12.6. The monoisotopic (exact) mass is 228 g/mol. The van der Waals surface area contributed by atoms with E-state index in [9.17, 15) is 10.2 Å². The summed E-state index contributed by atoms with van der Waals surface area (Å²) in [6, 6.07) is 9.04. The minimum atomic E-state index is 0.211. The Hall–Kier alpha value is -1.96. The van der Waals surface area contributed by atoms with Gasteiger partial charge in [0.05, 0.1) is 0 Å². The highest BCUT2D eigenvalue weighted by atomic mass is 16.3. The van der Waals surface area contributed by atoms with Gasteiger partial charge in [-0.3, -0.25) is 0 Å². The van der Waals surface area contributed by atoms with Crippen LogP contribution in [0.3, 0.4) is 0 Å². The minimum absolute atomic E-state index is 0.211. The van der Waals surface area contributed by atoms with Crippen molar-refractivity contribution in [3.8, 4) is 22.6 Å². The van der Waals surface area contributed by atoms with Gasteiger partial charge in [-0.05, 0) is 55.2 Å². The van der Waals surface area contributed by atoms with E-state index in [4.69, 9.17) is 0 Å². The lowest BCUT2D eigenvalue weighted by atomic mass is 9.95. The first-order valence-electron chi connectivity index (χ1n) is 5.60. The number of phenols is 2. The van der Waals surface area contributed by atoms with Gasteiger partial charge in [0.25, 0.3) is 0 Å². The molecule has 0 bridgehead atoms. The third-order valence-electron chi connectivity index (χ3n) is 3.21. The largest absolute Gasteiger partial charge is 0.508 e. The second kappa shape index (κ2) is 4.13. The van der Waals surface area contributed by atoms with Gasteiger partial charge < -0.3 is 10.2 Å². The molecule has 0 spiro atoms. The van der Waals surface area contributed by atoms with E-state index < -0.39 is 0 Å². The first kappa shape index (κ1) is 11.5. The van der Waals surface area contributed by atoms with Gasteiger partial charge in [0.1, 0.15) is 11.5 Å². The van der Waals surface area contributed by atoms with E-state index in [2.05, 4.69) is 0 Å². The van der Waals surface area contributed by atoms with Crippen molar-refractivity contribution in [1.82, 2.24) is 0 Å². The van der Waals surface area contributed by atoms with Gasteiger partial charge in [-0.1, -0.05) is 18.2 Å². The van der Waals surface area contributed by atoms with Crippen molar-refractivity contribution in [3.63, 3.8) is 0 Å². The Labute approximate surface area is 101 Å². The molecule has 0 radical (unpaired) electrons. The van der Waals surface area contributed by atoms with E-state index in [0.717, 1.165) is 27.8 Å². The highest BCUT2D eigenvalue weighted by Crippen LogP contribution is 2.36. The summed E-state index contributed by atoms with van der Waals surface area (Å²) in [5.41, 5.74) is 4.60. The standard InChI is InChI=1S/C15H16O2/c1-9-5-7-13(15(17)11(9)3)14-8-12(16)6-4-10(14)2/h4-8,16-17H,1-3H3. The topological polar surface area (TPSA) is 40.5 Å². The van der Waals surface area contributed by atoms with Gasteiger partial charge >= 0.3 is 0 Å². The number of benzene rings is 2. The molecule has 0 saturated heterocycles. The molecule has 0 aromatic heterocycles. The van der Waals surface area contributed by atoms with E-state index in [1.165, 1.54) is 0 Å². The zero-order valence-electron chi connectivity index (χ0n) is 10.3. The average Bonchev–Trinajstić information content (AvgIpc) is 2.30. The summed E-state index contributed by atoms with van der Waals surface area (Å²) in [7, 11) is 0. The molecule has 88 valence electrons. The van der Waals surface area contributed by atoms with E-state index in [-0.39, 0.29) is 5.75 Å². The Morgan fingerprint density at radius 2 is 1.41 bits per heavy atom. The SMILES string of the molecule is Cc1ccc(O)cc1-c1ccc(C)c(C)c1O. The molecule has 2 N–H and O–H groups in total. The molecule has 0 aliphatic heterocycles. The maximum atomic E-state index is 10.2. The van der Waals surface area contributed by atoms with Gasteiger partial charge in [0, 0.05) is 5.56 Å². The first-order chi connectivity index (χ1) is 8.00. The molecule has 2 nitrogen and oxygen atoms in total. The molecule has 0 amide bonds. The average molecular weight is 228 g/mol. The smallest absolute Gasteiger partial charge is 0.126 e. The lowest BCUT2D eigenvalue weighted by Gasteiger charge is -2.12. The number of rotatable bonds is 1. The molecule has 0 aliphatic rings. The highest BCUT2D eigenvalue weighted by molar-refractivity contribution is 5.76. The van der Waals surface area contributed by atoms with Crippen molar-refractivity contribution in [2.75, 3.05) is 0 Å². The lowest BCUT2D eigenvalue weighted by molar-refractivity contribution is 0.471. The maximum absolute atomic E-state index is 10.2. The molecular formula is C15H16O2. The molecule has 17 heavy (non-hydrogen) atoms. The van der Waals surface area contributed by atoms with Crippen molar-refractivity contribution in [3.05, 3.63) is 47.0 Å². The molecule has 0 saturated carbocycles. The number of aryl methyl sites for hydroxylation is 2.